The lowest BCUT2D eigenvalue weighted by Gasteiger charge is -2.40. The first-order valence-electron chi connectivity index (χ1n) is 9.53. The van der Waals surface area contributed by atoms with E-state index in [-0.39, 0.29) is 0 Å². The number of aromatic nitrogens is 1. The third-order valence-corrected chi connectivity index (χ3v) is 4.84. The van der Waals surface area contributed by atoms with Gasteiger partial charge in [0.15, 0.2) is 5.96 Å². The highest BCUT2D eigenvalue weighted by Gasteiger charge is 2.25. The fourth-order valence-corrected chi connectivity index (χ4v) is 3.53. The molecule has 0 aliphatic carbocycles. The molecular formula is C20H29N5O. The van der Waals surface area contributed by atoms with Crippen LogP contribution in [0.4, 0.5) is 0 Å². The molecule has 1 fully saturated rings. The molecule has 1 aliphatic rings. The van der Waals surface area contributed by atoms with Crippen LogP contribution in [0.5, 0.6) is 0 Å². The van der Waals surface area contributed by atoms with Gasteiger partial charge < -0.3 is 14.7 Å². The second kappa shape index (κ2) is 9.38. The number of rotatable bonds is 6. The van der Waals surface area contributed by atoms with Gasteiger partial charge in [0, 0.05) is 44.8 Å². The largest absolute Gasteiger partial charge is 0.364 e. The van der Waals surface area contributed by atoms with Crippen LogP contribution in [0, 0.1) is 0 Å². The monoisotopic (exact) mass is 355 g/mol. The first-order chi connectivity index (χ1) is 12.8. The fourth-order valence-electron chi connectivity index (χ4n) is 3.53. The first kappa shape index (κ1) is 18.5. The number of hydrogen-bond donors (Lipinski definition) is 1. The van der Waals surface area contributed by atoms with Gasteiger partial charge in [-0.15, -0.1) is 0 Å². The molecular weight excluding hydrogens is 326 g/mol. The standard InChI is InChI=1S/C20H29N5O/c1-3-19(17-8-6-5-7-9-17)24-11-13-25(14-12-24)20(21-4-2)22-16-18-10-15-26-23-18/h5-10,15,19H,3-4,11-14,16H2,1-2H3,(H,21,22). The van der Waals surface area contributed by atoms with Crippen LogP contribution < -0.4 is 5.32 Å². The molecule has 1 atom stereocenters. The Morgan fingerprint density at radius 3 is 2.54 bits per heavy atom. The molecule has 6 nitrogen and oxygen atoms in total. The molecule has 0 bridgehead atoms. The van der Waals surface area contributed by atoms with E-state index in [2.05, 4.69) is 64.5 Å². The molecule has 26 heavy (non-hydrogen) atoms. The zero-order valence-corrected chi connectivity index (χ0v) is 15.8. The zero-order valence-electron chi connectivity index (χ0n) is 15.8. The van der Waals surface area contributed by atoms with Crippen molar-refractivity contribution in [1.82, 2.24) is 20.3 Å². The highest BCUT2D eigenvalue weighted by atomic mass is 16.5. The Balaban J connectivity index is 1.61. The highest BCUT2D eigenvalue weighted by molar-refractivity contribution is 5.80. The lowest BCUT2D eigenvalue weighted by atomic mass is 10.0. The number of nitrogens with zero attached hydrogens (tertiary/aromatic N) is 4. The summed E-state index contributed by atoms with van der Waals surface area (Å²) in [6.07, 6.45) is 2.72. The SMILES string of the molecule is CCNC(=NCc1ccon1)N1CCN(C(CC)c2ccccc2)CC1. The molecule has 1 aromatic carbocycles. The number of piperazine rings is 1. The van der Waals surface area contributed by atoms with E-state index in [4.69, 9.17) is 9.52 Å². The smallest absolute Gasteiger partial charge is 0.194 e. The summed E-state index contributed by atoms with van der Waals surface area (Å²) in [6, 6.07) is 13.2. The molecule has 1 aromatic heterocycles. The summed E-state index contributed by atoms with van der Waals surface area (Å²) in [6.45, 7) is 9.82. The molecule has 1 N–H and O–H groups in total. The minimum absolute atomic E-state index is 0.494. The Morgan fingerprint density at radius 1 is 1.15 bits per heavy atom. The summed E-state index contributed by atoms with van der Waals surface area (Å²) >= 11 is 0. The van der Waals surface area contributed by atoms with Crippen molar-refractivity contribution in [3.8, 4) is 0 Å². The van der Waals surface area contributed by atoms with E-state index < -0.39 is 0 Å². The van der Waals surface area contributed by atoms with Crippen LogP contribution in [0.25, 0.3) is 0 Å². The van der Waals surface area contributed by atoms with Crippen molar-refractivity contribution < 1.29 is 4.52 Å². The Morgan fingerprint density at radius 2 is 1.92 bits per heavy atom. The molecule has 2 heterocycles. The number of aliphatic imine (C=N–C) groups is 1. The van der Waals surface area contributed by atoms with Gasteiger partial charge in [0.1, 0.15) is 12.0 Å². The molecule has 1 saturated heterocycles. The lowest BCUT2D eigenvalue weighted by Crippen LogP contribution is -2.53. The van der Waals surface area contributed by atoms with Gasteiger partial charge in [0.2, 0.25) is 0 Å². The van der Waals surface area contributed by atoms with Gasteiger partial charge in [-0.05, 0) is 18.9 Å². The van der Waals surface area contributed by atoms with Crippen LogP contribution in [0.2, 0.25) is 0 Å². The van der Waals surface area contributed by atoms with Gasteiger partial charge in [0.25, 0.3) is 0 Å². The maximum absolute atomic E-state index is 4.89. The number of hydrogen-bond acceptors (Lipinski definition) is 4. The quantitative estimate of drug-likeness (QED) is 0.638. The van der Waals surface area contributed by atoms with Crippen molar-refractivity contribution in [3.63, 3.8) is 0 Å². The van der Waals surface area contributed by atoms with E-state index in [1.165, 1.54) is 5.56 Å². The van der Waals surface area contributed by atoms with E-state index in [0.29, 0.717) is 12.6 Å². The van der Waals surface area contributed by atoms with Crippen molar-refractivity contribution in [2.24, 2.45) is 4.99 Å². The van der Waals surface area contributed by atoms with E-state index in [0.717, 1.165) is 50.8 Å². The number of nitrogens with one attached hydrogen (secondary N) is 1. The van der Waals surface area contributed by atoms with Crippen LogP contribution in [0.3, 0.4) is 0 Å². The summed E-state index contributed by atoms with van der Waals surface area (Å²) < 4.78 is 4.89. The fraction of sp³-hybridized carbons (Fsp3) is 0.500. The molecule has 0 radical (unpaired) electrons. The van der Waals surface area contributed by atoms with E-state index >= 15 is 0 Å². The van der Waals surface area contributed by atoms with E-state index in [1.807, 2.05) is 6.07 Å². The molecule has 3 rings (SSSR count). The van der Waals surface area contributed by atoms with Crippen molar-refractivity contribution in [3.05, 3.63) is 53.9 Å². The van der Waals surface area contributed by atoms with Gasteiger partial charge in [0.05, 0.1) is 6.54 Å². The van der Waals surface area contributed by atoms with E-state index in [1.54, 1.807) is 6.26 Å². The Kier molecular flexibility index (Phi) is 6.66. The maximum atomic E-state index is 4.89. The van der Waals surface area contributed by atoms with Crippen LogP contribution in [0.1, 0.15) is 37.6 Å². The minimum Gasteiger partial charge on any atom is -0.364 e. The second-order valence-corrected chi connectivity index (χ2v) is 6.52. The Hall–Kier alpha value is -2.34. The predicted molar refractivity (Wildman–Crippen MR) is 104 cm³/mol. The molecule has 1 unspecified atom stereocenters. The van der Waals surface area contributed by atoms with Crippen molar-refractivity contribution in [1.29, 1.82) is 0 Å². The molecule has 6 heteroatoms. The van der Waals surface area contributed by atoms with Gasteiger partial charge >= 0.3 is 0 Å². The lowest BCUT2D eigenvalue weighted by molar-refractivity contribution is 0.127. The molecule has 1 aliphatic heterocycles. The summed E-state index contributed by atoms with van der Waals surface area (Å²) in [4.78, 5) is 9.65. The highest BCUT2D eigenvalue weighted by Crippen LogP contribution is 2.25. The van der Waals surface area contributed by atoms with Gasteiger partial charge in [-0.2, -0.15) is 0 Å². The maximum Gasteiger partial charge on any atom is 0.194 e. The van der Waals surface area contributed by atoms with Gasteiger partial charge in [-0.3, -0.25) is 4.90 Å². The topological polar surface area (TPSA) is 56.9 Å². The molecule has 0 amide bonds. The Labute approximate surface area is 155 Å². The third-order valence-electron chi connectivity index (χ3n) is 4.84. The van der Waals surface area contributed by atoms with Gasteiger partial charge in [-0.1, -0.05) is 42.4 Å². The summed E-state index contributed by atoms with van der Waals surface area (Å²) in [5, 5.41) is 7.34. The molecule has 140 valence electrons. The molecule has 2 aromatic rings. The Bertz CT molecular complexity index is 663. The summed E-state index contributed by atoms with van der Waals surface area (Å²) in [5.41, 5.74) is 2.27. The first-order valence-corrected chi connectivity index (χ1v) is 9.53. The van der Waals surface area contributed by atoms with Crippen LogP contribution >= 0.6 is 0 Å². The molecule has 0 spiro atoms. The zero-order chi connectivity index (χ0) is 18.2. The summed E-state index contributed by atoms with van der Waals surface area (Å²) in [5.74, 6) is 0.961. The number of guanidine groups is 1. The average molecular weight is 355 g/mol. The molecule has 0 saturated carbocycles. The normalized spacial score (nSPS) is 17.3. The third kappa shape index (κ3) is 4.64. The average Bonchev–Trinajstić information content (AvgIpc) is 3.21. The van der Waals surface area contributed by atoms with Crippen molar-refractivity contribution in [2.75, 3.05) is 32.7 Å². The van der Waals surface area contributed by atoms with E-state index in [9.17, 15) is 0 Å². The van der Waals surface area contributed by atoms with Crippen LogP contribution in [-0.2, 0) is 6.54 Å². The van der Waals surface area contributed by atoms with Gasteiger partial charge in [-0.25, -0.2) is 4.99 Å². The summed E-state index contributed by atoms with van der Waals surface area (Å²) in [7, 11) is 0. The minimum atomic E-state index is 0.494. The van der Waals surface area contributed by atoms with Crippen molar-refractivity contribution in [2.45, 2.75) is 32.9 Å². The van der Waals surface area contributed by atoms with Crippen molar-refractivity contribution >= 4 is 5.96 Å². The number of benzene rings is 1. The van der Waals surface area contributed by atoms with Crippen LogP contribution in [0.15, 0.2) is 52.2 Å². The predicted octanol–water partition coefficient (Wildman–Crippen LogP) is 2.91. The second-order valence-electron chi connectivity index (χ2n) is 6.52. The van der Waals surface area contributed by atoms with Crippen LogP contribution in [-0.4, -0.2) is 53.6 Å².